The average Bonchev–Trinajstić information content (AvgIpc) is 2.57. The lowest BCUT2D eigenvalue weighted by Crippen LogP contribution is -2.38. The first-order valence-corrected chi connectivity index (χ1v) is 6.72. The summed E-state index contributed by atoms with van der Waals surface area (Å²) in [6.07, 6.45) is 2.97. The van der Waals surface area contributed by atoms with Gasteiger partial charge in [-0.15, -0.1) is 0 Å². The summed E-state index contributed by atoms with van der Waals surface area (Å²) in [4.78, 5) is 2.18. The molecule has 1 aromatic rings. The molecule has 3 heteroatoms. The molecule has 1 unspecified atom stereocenters. The summed E-state index contributed by atoms with van der Waals surface area (Å²) in [5.41, 5.74) is 7.51. The maximum absolute atomic E-state index is 14.2. The van der Waals surface area contributed by atoms with Gasteiger partial charge in [0.15, 0.2) is 0 Å². The minimum absolute atomic E-state index is 0.0590. The number of nitrogens with zero attached hydrogens (tertiary/aromatic N) is 1. The molecule has 1 saturated heterocycles. The average molecular weight is 250 g/mol. The molecule has 1 fully saturated rings. The van der Waals surface area contributed by atoms with Crippen LogP contribution in [0.15, 0.2) is 18.2 Å². The van der Waals surface area contributed by atoms with Gasteiger partial charge in [-0.1, -0.05) is 6.07 Å². The standard InChI is InChI=1S/C15H23FN2/c1-11(17)9-12-5-6-14(13(16)10-12)18-8-4-7-15(18,2)3/h5-6,10-11H,4,7-9,17H2,1-3H3. The van der Waals surface area contributed by atoms with E-state index in [1.165, 1.54) is 0 Å². The third kappa shape index (κ3) is 2.66. The van der Waals surface area contributed by atoms with Crippen LogP contribution in [-0.2, 0) is 6.42 Å². The minimum atomic E-state index is -0.122. The van der Waals surface area contributed by atoms with E-state index in [9.17, 15) is 4.39 Å². The largest absolute Gasteiger partial charge is 0.364 e. The van der Waals surface area contributed by atoms with E-state index in [2.05, 4.69) is 18.7 Å². The molecule has 2 nitrogen and oxygen atoms in total. The molecule has 100 valence electrons. The SMILES string of the molecule is CC(N)Cc1ccc(N2CCCC2(C)C)c(F)c1. The summed E-state index contributed by atoms with van der Waals surface area (Å²) >= 11 is 0. The van der Waals surface area contributed by atoms with Crippen molar-refractivity contribution in [1.82, 2.24) is 0 Å². The van der Waals surface area contributed by atoms with Gasteiger partial charge in [0.2, 0.25) is 0 Å². The van der Waals surface area contributed by atoms with Crippen LogP contribution in [0.5, 0.6) is 0 Å². The van der Waals surface area contributed by atoms with Crippen molar-refractivity contribution in [2.45, 2.75) is 51.6 Å². The molecular weight excluding hydrogens is 227 g/mol. The maximum Gasteiger partial charge on any atom is 0.146 e. The Bertz CT molecular complexity index is 427. The van der Waals surface area contributed by atoms with Crippen LogP contribution in [0.3, 0.4) is 0 Å². The van der Waals surface area contributed by atoms with Gasteiger partial charge in [-0.05, 0) is 57.7 Å². The van der Waals surface area contributed by atoms with Crippen LogP contribution < -0.4 is 10.6 Å². The van der Waals surface area contributed by atoms with Crippen LogP contribution in [0.2, 0.25) is 0 Å². The zero-order valence-electron chi connectivity index (χ0n) is 11.5. The molecule has 0 aromatic heterocycles. The number of anilines is 1. The zero-order chi connectivity index (χ0) is 13.3. The molecule has 1 aromatic carbocycles. The number of hydrogen-bond donors (Lipinski definition) is 1. The van der Waals surface area contributed by atoms with Crippen molar-refractivity contribution in [2.75, 3.05) is 11.4 Å². The van der Waals surface area contributed by atoms with Crippen LogP contribution in [0, 0.1) is 5.82 Å². The summed E-state index contributed by atoms with van der Waals surface area (Å²) in [6, 6.07) is 5.60. The van der Waals surface area contributed by atoms with Crippen LogP contribution in [0.1, 0.15) is 39.2 Å². The summed E-state index contributed by atoms with van der Waals surface area (Å²) in [5, 5.41) is 0. The van der Waals surface area contributed by atoms with E-state index in [0.29, 0.717) is 0 Å². The highest BCUT2D eigenvalue weighted by molar-refractivity contribution is 5.52. The van der Waals surface area contributed by atoms with Crippen molar-refractivity contribution in [1.29, 1.82) is 0 Å². The smallest absolute Gasteiger partial charge is 0.146 e. The zero-order valence-corrected chi connectivity index (χ0v) is 11.5. The predicted molar refractivity (Wildman–Crippen MR) is 74.4 cm³/mol. The van der Waals surface area contributed by atoms with E-state index in [1.54, 1.807) is 6.07 Å². The Kier molecular flexibility index (Phi) is 3.62. The van der Waals surface area contributed by atoms with Gasteiger partial charge >= 0.3 is 0 Å². The number of halogens is 1. The third-order valence-electron chi connectivity index (χ3n) is 3.76. The highest BCUT2D eigenvalue weighted by Crippen LogP contribution is 2.35. The van der Waals surface area contributed by atoms with Crippen LogP contribution in [-0.4, -0.2) is 18.1 Å². The molecule has 0 spiro atoms. The van der Waals surface area contributed by atoms with Gasteiger partial charge in [-0.25, -0.2) is 4.39 Å². The lowest BCUT2D eigenvalue weighted by molar-refractivity contribution is 0.506. The van der Waals surface area contributed by atoms with E-state index in [1.807, 2.05) is 19.1 Å². The number of rotatable bonds is 3. The fourth-order valence-electron chi connectivity index (χ4n) is 2.82. The second-order valence-corrected chi connectivity index (χ2v) is 6.03. The van der Waals surface area contributed by atoms with E-state index in [4.69, 9.17) is 5.73 Å². The van der Waals surface area contributed by atoms with Crippen molar-refractivity contribution in [3.63, 3.8) is 0 Å². The van der Waals surface area contributed by atoms with Crippen molar-refractivity contribution < 1.29 is 4.39 Å². The molecule has 0 bridgehead atoms. The van der Waals surface area contributed by atoms with Gasteiger partial charge in [0.25, 0.3) is 0 Å². The second-order valence-electron chi connectivity index (χ2n) is 6.03. The lowest BCUT2D eigenvalue weighted by atomic mass is 10.0. The molecule has 1 atom stereocenters. The Morgan fingerprint density at radius 1 is 1.44 bits per heavy atom. The fraction of sp³-hybridized carbons (Fsp3) is 0.600. The van der Waals surface area contributed by atoms with Crippen molar-refractivity contribution in [3.8, 4) is 0 Å². The number of benzene rings is 1. The molecular formula is C15H23FN2. The van der Waals surface area contributed by atoms with Crippen molar-refractivity contribution in [3.05, 3.63) is 29.6 Å². The first kappa shape index (κ1) is 13.3. The van der Waals surface area contributed by atoms with Crippen LogP contribution >= 0.6 is 0 Å². The van der Waals surface area contributed by atoms with Gasteiger partial charge in [-0.2, -0.15) is 0 Å². The molecule has 0 radical (unpaired) electrons. The quantitative estimate of drug-likeness (QED) is 0.893. The molecule has 0 saturated carbocycles. The molecule has 0 aliphatic carbocycles. The second kappa shape index (κ2) is 4.88. The third-order valence-corrected chi connectivity index (χ3v) is 3.76. The van der Waals surface area contributed by atoms with Gasteiger partial charge in [0.05, 0.1) is 5.69 Å². The van der Waals surface area contributed by atoms with Crippen LogP contribution in [0.4, 0.5) is 10.1 Å². The molecule has 1 aliphatic rings. The van der Waals surface area contributed by atoms with E-state index >= 15 is 0 Å². The number of hydrogen-bond acceptors (Lipinski definition) is 2. The molecule has 2 N–H and O–H groups in total. The summed E-state index contributed by atoms with van der Waals surface area (Å²) < 4.78 is 14.2. The normalized spacial score (nSPS) is 20.2. The predicted octanol–water partition coefficient (Wildman–Crippen LogP) is 3.09. The summed E-state index contributed by atoms with van der Waals surface area (Å²) in [7, 11) is 0. The fourth-order valence-corrected chi connectivity index (χ4v) is 2.82. The van der Waals surface area contributed by atoms with Crippen molar-refractivity contribution in [2.24, 2.45) is 5.73 Å². The molecule has 18 heavy (non-hydrogen) atoms. The summed E-state index contributed by atoms with van der Waals surface area (Å²) in [5.74, 6) is -0.122. The molecule has 2 rings (SSSR count). The topological polar surface area (TPSA) is 29.3 Å². The van der Waals surface area contributed by atoms with Gasteiger partial charge in [0.1, 0.15) is 5.82 Å². The summed E-state index contributed by atoms with van der Waals surface area (Å²) in [6.45, 7) is 7.23. The van der Waals surface area contributed by atoms with E-state index in [-0.39, 0.29) is 17.4 Å². The Morgan fingerprint density at radius 3 is 2.67 bits per heavy atom. The Hall–Kier alpha value is -1.09. The van der Waals surface area contributed by atoms with E-state index in [0.717, 1.165) is 37.1 Å². The van der Waals surface area contributed by atoms with Gasteiger partial charge in [0, 0.05) is 18.1 Å². The first-order chi connectivity index (χ1) is 8.40. The van der Waals surface area contributed by atoms with Crippen molar-refractivity contribution >= 4 is 5.69 Å². The molecule has 1 heterocycles. The van der Waals surface area contributed by atoms with Gasteiger partial charge < -0.3 is 10.6 Å². The maximum atomic E-state index is 14.2. The van der Waals surface area contributed by atoms with Gasteiger partial charge in [-0.3, -0.25) is 0 Å². The highest BCUT2D eigenvalue weighted by atomic mass is 19.1. The highest BCUT2D eigenvalue weighted by Gasteiger charge is 2.33. The van der Waals surface area contributed by atoms with Crippen LogP contribution in [0.25, 0.3) is 0 Å². The molecule has 0 amide bonds. The minimum Gasteiger partial charge on any atom is -0.364 e. The van der Waals surface area contributed by atoms with E-state index < -0.39 is 0 Å². The Morgan fingerprint density at radius 2 is 2.17 bits per heavy atom. The Balaban J connectivity index is 2.25. The monoisotopic (exact) mass is 250 g/mol. The Labute approximate surface area is 109 Å². The molecule has 1 aliphatic heterocycles. The lowest BCUT2D eigenvalue weighted by Gasteiger charge is -2.34. The number of nitrogens with two attached hydrogens (primary N) is 1. The first-order valence-electron chi connectivity index (χ1n) is 6.72.